The zero-order valence-corrected chi connectivity index (χ0v) is 13.7. The topological polar surface area (TPSA) is 38.8 Å². The second-order valence-electron chi connectivity index (χ2n) is 4.58. The van der Waals surface area contributed by atoms with Gasteiger partial charge in [-0.05, 0) is 36.4 Å². The molecule has 0 aliphatic heterocycles. The SMILES string of the molecule is CCOc1cc(CN(C)C(=O)CSC(F)(F)F)ccc1OC(F)F. The Kier molecular flexibility index (Phi) is 7.59. The highest BCUT2D eigenvalue weighted by Gasteiger charge is 2.30. The Balaban J connectivity index is 2.76. The number of benzene rings is 1. The number of ether oxygens (including phenoxy) is 2. The van der Waals surface area contributed by atoms with Crippen molar-refractivity contribution in [2.45, 2.75) is 25.6 Å². The molecule has 10 heteroatoms. The van der Waals surface area contributed by atoms with Gasteiger partial charge in [0, 0.05) is 13.6 Å². The molecular weight excluding hydrogens is 357 g/mol. The normalized spacial score (nSPS) is 11.5. The van der Waals surface area contributed by atoms with Crippen LogP contribution in [0.15, 0.2) is 18.2 Å². The standard InChI is InChI=1S/C14H16F5NO3S/c1-3-22-11-6-9(4-5-10(11)23-13(15)16)7-20(2)12(21)8-24-14(17,18)19/h4-6,13H,3,7-8H2,1-2H3. The number of nitrogens with zero attached hydrogens (tertiary/aromatic N) is 1. The Morgan fingerprint density at radius 2 is 1.96 bits per heavy atom. The van der Waals surface area contributed by atoms with E-state index >= 15 is 0 Å². The monoisotopic (exact) mass is 373 g/mol. The molecule has 4 nitrogen and oxygen atoms in total. The van der Waals surface area contributed by atoms with Crippen LogP contribution in [0, 0.1) is 0 Å². The molecule has 0 aromatic heterocycles. The molecule has 0 aliphatic carbocycles. The molecule has 0 N–H and O–H groups in total. The molecule has 0 unspecified atom stereocenters. The van der Waals surface area contributed by atoms with Crippen molar-refractivity contribution < 1.29 is 36.2 Å². The number of hydrogen-bond acceptors (Lipinski definition) is 4. The molecule has 24 heavy (non-hydrogen) atoms. The van der Waals surface area contributed by atoms with E-state index in [1.165, 1.54) is 25.2 Å². The first-order chi connectivity index (χ1) is 11.1. The molecule has 0 radical (unpaired) electrons. The second kappa shape index (κ2) is 8.95. The van der Waals surface area contributed by atoms with Crippen molar-refractivity contribution in [2.24, 2.45) is 0 Å². The molecule has 136 valence electrons. The van der Waals surface area contributed by atoms with Crippen molar-refractivity contribution in [3.05, 3.63) is 23.8 Å². The van der Waals surface area contributed by atoms with Crippen molar-refractivity contribution in [2.75, 3.05) is 19.4 Å². The summed E-state index contributed by atoms with van der Waals surface area (Å²) >= 11 is -0.418. The number of carbonyl (C=O) groups excluding carboxylic acids is 1. The van der Waals surface area contributed by atoms with Crippen LogP contribution < -0.4 is 9.47 Å². The van der Waals surface area contributed by atoms with E-state index in [0.717, 1.165) is 4.90 Å². The van der Waals surface area contributed by atoms with Gasteiger partial charge in [0.25, 0.3) is 0 Å². The lowest BCUT2D eigenvalue weighted by Crippen LogP contribution is -2.28. The number of halogens is 5. The number of thioether (sulfide) groups is 1. The lowest BCUT2D eigenvalue weighted by Gasteiger charge is -2.19. The summed E-state index contributed by atoms with van der Waals surface area (Å²) < 4.78 is 70.4. The number of hydrogen-bond donors (Lipinski definition) is 0. The Hall–Kier alpha value is -1.71. The smallest absolute Gasteiger partial charge is 0.442 e. The molecule has 1 aromatic rings. The van der Waals surface area contributed by atoms with Crippen LogP contribution in [0.4, 0.5) is 22.0 Å². The molecule has 0 heterocycles. The van der Waals surface area contributed by atoms with Crippen LogP contribution in [0.5, 0.6) is 11.5 Å². The lowest BCUT2D eigenvalue weighted by atomic mass is 10.2. The van der Waals surface area contributed by atoms with Crippen molar-refractivity contribution in [3.8, 4) is 11.5 Å². The Bertz CT molecular complexity index is 554. The van der Waals surface area contributed by atoms with E-state index in [-0.39, 0.29) is 24.7 Å². The Labute approximate surface area is 139 Å². The molecule has 0 spiro atoms. The molecule has 0 aliphatic rings. The van der Waals surface area contributed by atoms with E-state index in [0.29, 0.717) is 5.56 Å². The summed E-state index contributed by atoms with van der Waals surface area (Å²) in [6, 6.07) is 4.10. The van der Waals surface area contributed by atoms with Gasteiger partial charge >= 0.3 is 12.1 Å². The summed E-state index contributed by atoms with van der Waals surface area (Å²) in [5, 5.41) is 0. The van der Waals surface area contributed by atoms with Crippen LogP contribution in [0.2, 0.25) is 0 Å². The zero-order chi connectivity index (χ0) is 18.3. The van der Waals surface area contributed by atoms with Crippen molar-refractivity contribution in [3.63, 3.8) is 0 Å². The minimum absolute atomic E-state index is 0.00623. The Morgan fingerprint density at radius 3 is 2.50 bits per heavy atom. The molecule has 1 amide bonds. The summed E-state index contributed by atoms with van der Waals surface area (Å²) in [5.74, 6) is -1.52. The fraction of sp³-hybridized carbons (Fsp3) is 0.500. The van der Waals surface area contributed by atoms with E-state index in [1.807, 2.05) is 0 Å². The first kappa shape index (κ1) is 20.3. The molecule has 0 atom stereocenters. The molecule has 1 rings (SSSR count). The van der Waals surface area contributed by atoms with Crippen LogP contribution >= 0.6 is 11.8 Å². The van der Waals surface area contributed by atoms with Gasteiger partial charge < -0.3 is 14.4 Å². The maximum Gasteiger partial charge on any atom is 0.442 e. The van der Waals surface area contributed by atoms with Gasteiger partial charge in [0.15, 0.2) is 11.5 Å². The zero-order valence-electron chi connectivity index (χ0n) is 12.9. The average molecular weight is 373 g/mol. The third-order valence-corrected chi connectivity index (χ3v) is 3.45. The molecular formula is C14H16F5NO3S. The molecule has 0 saturated heterocycles. The Morgan fingerprint density at radius 1 is 1.29 bits per heavy atom. The van der Waals surface area contributed by atoms with Gasteiger partial charge in [-0.3, -0.25) is 4.79 Å². The van der Waals surface area contributed by atoms with Crippen LogP contribution in [-0.2, 0) is 11.3 Å². The number of carbonyl (C=O) groups is 1. The van der Waals surface area contributed by atoms with E-state index in [2.05, 4.69) is 4.74 Å². The van der Waals surface area contributed by atoms with Crippen LogP contribution in [0.1, 0.15) is 12.5 Å². The van der Waals surface area contributed by atoms with Crippen LogP contribution in [-0.4, -0.2) is 42.3 Å². The van der Waals surface area contributed by atoms with Gasteiger partial charge in [0.1, 0.15) is 0 Å². The van der Waals surface area contributed by atoms with Gasteiger partial charge in [-0.25, -0.2) is 0 Å². The lowest BCUT2D eigenvalue weighted by molar-refractivity contribution is -0.127. The van der Waals surface area contributed by atoms with E-state index in [1.54, 1.807) is 6.92 Å². The second-order valence-corrected chi connectivity index (χ2v) is 5.62. The van der Waals surface area contributed by atoms with Crippen molar-refractivity contribution >= 4 is 17.7 Å². The predicted molar refractivity (Wildman–Crippen MR) is 79.2 cm³/mol. The highest BCUT2D eigenvalue weighted by atomic mass is 32.2. The third kappa shape index (κ3) is 7.24. The molecule has 0 saturated carbocycles. The minimum Gasteiger partial charge on any atom is -0.490 e. The maximum absolute atomic E-state index is 12.3. The summed E-state index contributed by atoms with van der Waals surface area (Å²) in [6.45, 7) is -1.14. The highest BCUT2D eigenvalue weighted by molar-refractivity contribution is 8.00. The quantitative estimate of drug-likeness (QED) is 0.648. The van der Waals surface area contributed by atoms with E-state index in [9.17, 15) is 26.7 Å². The van der Waals surface area contributed by atoms with Crippen LogP contribution in [0.3, 0.4) is 0 Å². The van der Waals surface area contributed by atoms with Crippen molar-refractivity contribution in [1.29, 1.82) is 0 Å². The summed E-state index contributed by atoms with van der Waals surface area (Å²) in [7, 11) is 1.35. The summed E-state index contributed by atoms with van der Waals surface area (Å²) in [5.41, 5.74) is -3.97. The maximum atomic E-state index is 12.3. The number of amides is 1. The first-order valence-corrected chi connectivity index (χ1v) is 7.76. The molecule has 0 bridgehead atoms. The number of alkyl halides is 5. The van der Waals surface area contributed by atoms with Gasteiger partial charge in [-0.2, -0.15) is 22.0 Å². The largest absolute Gasteiger partial charge is 0.490 e. The van der Waals surface area contributed by atoms with Crippen LogP contribution in [0.25, 0.3) is 0 Å². The first-order valence-electron chi connectivity index (χ1n) is 6.77. The average Bonchev–Trinajstić information content (AvgIpc) is 2.46. The predicted octanol–water partition coefficient (Wildman–Crippen LogP) is 3.90. The molecule has 0 fully saturated rings. The van der Waals surface area contributed by atoms with Gasteiger partial charge in [0.2, 0.25) is 5.91 Å². The van der Waals surface area contributed by atoms with Gasteiger partial charge in [-0.15, -0.1) is 0 Å². The van der Waals surface area contributed by atoms with Crippen molar-refractivity contribution in [1.82, 2.24) is 4.90 Å². The fourth-order valence-electron chi connectivity index (χ4n) is 1.73. The van der Waals surface area contributed by atoms with Gasteiger partial charge in [-0.1, -0.05) is 6.07 Å². The van der Waals surface area contributed by atoms with E-state index in [4.69, 9.17) is 4.74 Å². The fourth-order valence-corrected chi connectivity index (χ4v) is 2.24. The highest BCUT2D eigenvalue weighted by Crippen LogP contribution is 2.31. The third-order valence-electron chi connectivity index (χ3n) is 2.73. The summed E-state index contributed by atoms with van der Waals surface area (Å²) in [6.07, 6.45) is 0. The summed E-state index contributed by atoms with van der Waals surface area (Å²) in [4.78, 5) is 12.8. The number of rotatable bonds is 8. The van der Waals surface area contributed by atoms with Gasteiger partial charge in [0.05, 0.1) is 12.4 Å². The minimum atomic E-state index is -4.48. The van der Waals surface area contributed by atoms with E-state index < -0.39 is 35.5 Å². The molecule has 1 aromatic carbocycles.